The molecule has 0 unspecified atom stereocenters. The monoisotopic (exact) mass is 406 g/mol. The van der Waals surface area contributed by atoms with E-state index in [0.717, 1.165) is 30.7 Å². The molecule has 0 spiro atoms. The van der Waals surface area contributed by atoms with Gasteiger partial charge in [0.15, 0.2) is 9.84 Å². The van der Waals surface area contributed by atoms with Gasteiger partial charge in [-0.1, -0.05) is 0 Å². The van der Waals surface area contributed by atoms with Crippen molar-refractivity contribution in [2.75, 3.05) is 31.9 Å². The molecule has 0 aliphatic carbocycles. The van der Waals surface area contributed by atoms with Crippen LogP contribution in [0.5, 0.6) is 11.5 Å². The molecule has 0 saturated carbocycles. The van der Waals surface area contributed by atoms with Crippen molar-refractivity contribution < 1.29 is 22.8 Å². The summed E-state index contributed by atoms with van der Waals surface area (Å²) in [6.45, 7) is 0.624. The molecular formula is C19H22N2O6S. The highest BCUT2D eigenvalue weighted by molar-refractivity contribution is 7.90. The second-order valence-corrected chi connectivity index (χ2v) is 8.65. The Hall–Kier alpha value is -2.81. The van der Waals surface area contributed by atoms with Crippen molar-refractivity contribution in [1.82, 2.24) is 0 Å². The number of sulfone groups is 1. The Balaban J connectivity index is 2.08. The number of hydrogen-bond donors (Lipinski definition) is 0. The van der Waals surface area contributed by atoms with Crippen molar-refractivity contribution in [3.63, 3.8) is 0 Å². The van der Waals surface area contributed by atoms with Crippen LogP contribution >= 0.6 is 0 Å². The largest absolute Gasteiger partial charge is 0.497 e. The van der Waals surface area contributed by atoms with Crippen LogP contribution in [0, 0.1) is 10.1 Å². The van der Waals surface area contributed by atoms with Crippen LogP contribution in [0.15, 0.2) is 41.3 Å². The minimum Gasteiger partial charge on any atom is -0.497 e. The predicted octanol–water partition coefficient (Wildman–Crippen LogP) is 3.36. The van der Waals surface area contributed by atoms with Crippen molar-refractivity contribution in [2.24, 2.45) is 0 Å². The summed E-state index contributed by atoms with van der Waals surface area (Å²) in [5.74, 6) is 1.31. The fourth-order valence-corrected chi connectivity index (χ4v) is 4.24. The summed E-state index contributed by atoms with van der Waals surface area (Å²) in [6, 6.07) is 9.45. The van der Waals surface area contributed by atoms with E-state index in [1.165, 1.54) is 12.1 Å². The van der Waals surface area contributed by atoms with Gasteiger partial charge in [0.05, 0.1) is 30.1 Å². The number of hydrogen-bond acceptors (Lipinski definition) is 7. The molecule has 2 aromatic carbocycles. The molecule has 1 saturated heterocycles. The Bertz CT molecular complexity index is 1010. The molecule has 28 heavy (non-hydrogen) atoms. The van der Waals surface area contributed by atoms with Gasteiger partial charge < -0.3 is 14.4 Å². The van der Waals surface area contributed by atoms with Gasteiger partial charge in [-0.3, -0.25) is 10.1 Å². The average molecular weight is 406 g/mol. The van der Waals surface area contributed by atoms with E-state index in [9.17, 15) is 18.5 Å². The number of anilines is 1. The van der Waals surface area contributed by atoms with Gasteiger partial charge in [0.2, 0.25) is 0 Å². The second-order valence-electron chi connectivity index (χ2n) is 6.64. The molecule has 0 aromatic heterocycles. The van der Waals surface area contributed by atoms with Crippen LogP contribution in [0.2, 0.25) is 0 Å². The van der Waals surface area contributed by atoms with Crippen molar-refractivity contribution in [3.8, 4) is 11.5 Å². The lowest BCUT2D eigenvalue weighted by Crippen LogP contribution is -2.24. The van der Waals surface area contributed by atoms with E-state index in [1.54, 1.807) is 20.3 Å². The van der Waals surface area contributed by atoms with Gasteiger partial charge in [-0.2, -0.15) is 0 Å². The van der Waals surface area contributed by atoms with Gasteiger partial charge >= 0.3 is 0 Å². The van der Waals surface area contributed by atoms with Crippen molar-refractivity contribution in [1.29, 1.82) is 0 Å². The molecule has 1 atom stereocenters. The van der Waals surface area contributed by atoms with E-state index in [0.29, 0.717) is 23.7 Å². The van der Waals surface area contributed by atoms with Crippen LogP contribution in [-0.4, -0.2) is 40.4 Å². The maximum absolute atomic E-state index is 11.8. The summed E-state index contributed by atoms with van der Waals surface area (Å²) in [7, 11) is -0.397. The minimum absolute atomic E-state index is 0.0688. The summed E-state index contributed by atoms with van der Waals surface area (Å²) in [4.78, 5) is 13.0. The highest BCUT2D eigenvalue weighted by Gasteiger charge is 2.33. The van der Waals surface area contributed by atoms with Crippen molar-refractivity contribution in [2.45, 2.75) is 23.8 Å². The number of nitro groups is 1. The molecule has 0 bridgehead atoms. The summed E-state index contributed by atoms with van der Waals surface area (Å²) >= 11 is 0. The lowest BCUT2D eigenvalue weighted by molar-refractivity contribution is -0.384. The Morgan fingerprint density at radius 3 is 2.50 bits per heavy atom. The van der Waals surface area contributed by atoms with Crippen LogP contribution < -0.4 is 14.4 Å². The molecule has 1 aliphatic heterocycles. The third-order valence-electron chi connectivity index (χ3n) is 4.93. The molecule has 150 valence electrons. The van der Waals surface area contributed by atoms with Crippen LogP contribution in [0.3, 0.4) is 0 Å². The standard InChI is InChI=1S/C19H22N2O6S/c1-26-13-6-8-15(19(11-13)27-2)16-5-4-10-20(16)17-9-7-14(28(3,24)25)12-18(17)21(22)23/h6-9,11-12,16H,4-5,10H2,1-3H3/t16-/m1/s1. The molecular weight excluding hydrogens is 384 g/mol. The number of rotatable bonds is 6. The topological polar surface area (TPSA) is 99.0 Å². The normalized spacial score (nSPS) is 16.8. The zero-order chi connectivity index (χ0) is 20.5. The lowest BCUT2D eigenvalue weighted by atomic mass is 10.0. The maximum Gasteiger partial charge on any atom is 0.293 e. The van der Waals surface area contributed by atoms with Crippen LogP contribution in [0.4, 0.5) is 11.4 Å². The Kier molecular flexibility index (Phi) is 5.46. The molecule has 0 N–H and O–H groups in total. The number of methoxy groups -OCH3 is 2. The van der Waals surface area contributed by atoms with Gasteiger partial charge in [-0.25, -0.2) is 8.42 Å². The third kappa shape index (κ3) is 3.75. The van der Waals surface area contributed by atoms with E-state index in [-0.39, 0.29) is 16.6 Å². The molecule has 8 nitrogen and oxygen atoms in total. The molecule has 2 aromatic rings. The number of nitro benzene ring substituents is 1. The molecule has 1 aliphatic rings. The zero-order valence-electron chi connectivity index (χ0n) is 15.9. The lowest BCUT2D eigenvalue weighted by Gasteiger charge is -2.28. The van der Waals surface area contributed by atoms with Crippen LogP contribution in [0.1, 0.15) is 24.4 Å². The smallest absolute Gasteiger partial charge is 0.293 e. The number of ether oxygens (including phenoxy) is 2. The van der Waals surface area contributed by atoms with Crippen molar-refractivity contribution in [3.05, 3.63) is 52.1 Å². The first-order valence-electron chi connectivity index (χ1n) is 8.73. The molecule has 1 fully saturated rings. The highest BCUT2D eigenvalue weighted by Crippen LogP contribution is 2.44. The first kappa shape index (κ1) is 19.9. The first-order chi connectivity index (χ1) is 13.3. The van der Waals surface area contributed by atoms with Gasteiger partial charge in [-0.05, 0) is 37.1 Å². The minimum atomic E-state index is -3.54. The Morgan fingerprint density at radius 2 is 1.89 bits per heavy atom. The van der Waals surface area contributed by atoms with Crippen LogP contribution in [-0.2, 0) is 9.84 Å². The molecule has 9 heteroatoms. The quantitative estimate of drug-likeness (QED) is 0.536. The average Bonchev–Trinajstić information content (AvgIpc) is 3.15. The predicted molar refractivity (Wildman–Crippen MR) is 105 cm³/mol. The molecule has 0 amide bonds. The van der Waals surface area contributed by atoms with E-state index < -0.39 is 14.8 Å². The van der Waals surface area contributed by atoms with E-state index in [2.05, 4.69) is 0 Å². The fourth-order valence-electron chi connectivity index (χ4n) is 3.60. The summed E-state index contributed by atoms with van der Waals surface area (Å²) < 4.78 is 34.4. The van der Waals surface area contributed by atoms with Crippen molar-refractivity contribution >= 4 is 21.2 Å². The number of benzene rings is 2. The summed E-state index contributed by atoms with van der Waals surface area (Å²) in [6.07, 6.45) is 2.69. The van der Waals surface area contributed by atoms with Gasteiger partial charge in [-0.15, -0.1) is 0 Å². The number of nitrogens with zero attached hydrogens (tertiary/aromatic N) is 2. The summed E-state index contributed by atoms with van der Waals surface area (Å²) in [5.41, 5.74) is 1.09. The first-order valence-corrected chi connectivity index (χ1v) is 10.6. The van der Waals surface area contributed by atoms with Gasteiger partial charge in [0, 0.05) is 30.5 Å². The maximum atomic E-state index is 11.8. The fraction of sp³-hybridized carbons (Fsp3) is 0.368. The van der Waals surface area contributed by atoms with Crippen LogP contribution in [0.25, 0.3) is 0 Å². The summed E-state index contributed by atoms with van der Waals surface area (Å²) in [5, 5.41) is 11.7. The molecule has 3 rings (SSSR count). The van der Waals surface area contributed by atoms with E-state index >= 15 is 0 Å². The molecule has 1 heterocycles. The second kappa shape index (κ2) is 7.67. The van der Waals surface area contributed by atoms with Gasteiger partial charge in [0.25, 0.3) is 5.69 Å². The van der Waals surface area contributed by atoms with E-state index in [4.69, 9.17) is 9.47 Å². The Morgan fingerprint density at radius 1 is 1.14 bits per heavy atom. The van der Waals surface area contributed by atoms with Gasteiger partial charge in [0.1, 0.15) is 17.2 Å². The molecule has 0 radical (unpaired) electrons. The van der Waals surface area contributed by atoms with E-state index in [1.807, 2.05) is 17.0 Å². The highest BCUT2D eigenvalue weighted by atomic mass is 32.2. The zero-order valence-corrected chi connectivity index (χ0v) is 16.7. The Labute approximate surface area is 163 Å². The third-order valence-corrected chi connectivity index (χ3v) is 6.04. The SMILES string of the molecule is COc1ccc([C@H]2CCCN2c2ccc(S(C)(=O)=O)cc2[N+](=O)[O-])c(OC)c1.